The predicted molar refractivity (Wildman–Crippen MR) is 91.0 cm³/mol. The van der Waals surface area contributed by atoms with Crippen LogP contribution in [0.15, 0.2) is 0 Å². The van der Waals surface area contributed by atoms with Gasteiger partial charge >= 0.3 is 0 Å². The van der Waals surface area contributed by atoms with Crippen molar-refractivity contribution >= 4 is 39.7 Å². The Hall–Kier alpha value is 1.13. The minimum absolute atomic E-state index is 0.780. The van der Waals surface area contributed by atoms with Crippen molar-refractivity contribution in [3.05, 3.63) is 0 Å². The summed E-state index contributed by atoms with van der Waals surface area (Å²) in [6, 6.07) is 2.97. The molecule has 0 spiro atoms. The third-order valence-electron chi connectivity index (χ3n) is 2.36. The molecule has 0 bridgehead atoms. The lowest BCUT2D eigenvalue weighted by Crippen LogP contribution is -2.20. The van der Waals surface area contributed by atoms with Gasteiger partial charge in [-0.3, -0.25) is 0 Å². The van der Waals surface area contributed by atoms with E-state index in [2.05, 4.69) is 62.8 Å². The van der Waals surface area contributed by atoms with E-state index in [9.17, 15) is 0 Å². The van der Waals surface area contributed by atoms with E-state index < -0.39 is 16.1 Å². The molecule has 0 aromatic heterocycles. The molecule has 0 aromatic carbocycles. The zero-order valence-electron chi connectivity index (χ0n) is 12.1. The van der Waals surface area contributed by atoms with E-state index in [1.165, 1.54) is 35.1 Å². The van der Waals surface area contributed by atoms with Crippen LogP contribution in [0.25, 0.3) is 0 Å². The molecule has 0 atom stereocenters. The maximum atomic E-state index is 2.47. The van der Waals surface area contributed by atoms with Gasteiger partial charge in [0, 0.05) is 27.7 Å². The molecule has 0 heterocycles. The second-order valence-corrected chi connectivity index (χ2v) is 20.5. The summed E-state index contributed by atoms with van der Waals surface area (Å²) in [5.41, 5.74) is 0. The summed E-state index contributed by atoms with van der Waals surface area (Å²) in [6.45, 7) is 14.8. The largest absolute Gasteiger partial charge is 0.161 e. The highest BCUT2D eigenvalue weighted by Gasteiger charge is 2.12. The van der Waals surface area contributed by atoms with Gasteiger partial charge in [-0.15, -0.1) is 0 Å². The minimum Gasteiger partial charge on any atom is -0.161 e. The molecule has 16 heavy (non-hydrogen) atoms. The summed E-state index contributed by atoms with van der Waals surface area (Å²) in [5, 5.41) is 0. The van der Waals surface area contributed by atoms with Gasteiger partial charge in [-0.1, -0.05) is 39.3 Å². The van der Waals surface area contributed by atoms with E-state index in [4.69, 9.17) is 0 Å². The van der Waals surface area contributed by atoms with E-state index in [0.29, 0.717) is 0 Å². The molecule has 0 aliphatic heterocycles. The van der Waals surface area contributed by atoms with Crippen LogP contribution in [0.1, 0.15) is 0 Å². The first-order valence-corrected chi connectivity index (χ1v) is 16.1. The van der Waals surface area contributed by atoms with Crippen molar-refractivity contribution in [1.29, 1.82) is 0 Å². The predicted octanol–water partition coefficient (Wildman–Crippen LogP) is 5.13. The topological polar surface area (TPSA) is 0 Å². The highest BCUT2D eigenvalue weighted by molar-refractivity contribution is 8.03. The monoisotopic (exact) mass is 294 g/mol. The van der Waals surface area contributed by atoms with Gasteiger partial charge in [-0.25, -0.2) is 0 Å². The van der Waals surface area contributed by atoms with Crippen molar-refractivity contribution in [1.82, 2.24) is 0 Å². The molecule has 4 heteroatoms. The summed E-state index contributed by atoms with van der Waals surface area (Å²) in [4.78, 5) is 0. The molecule has 0 N–H and O–H groups in total. The Morgan fingerprint density at radius 3 is 1.12 bits per heavy atom. The van der Waals surface area contributed by atoms with Crippen LogP contribution in [0, 0.1) is 0 Å². The van der Waals surface area contributed by atoms with Crippen molar-refractivity contribution in [2.24, 2.45) is 0 Å². The molecular formula is C12H30S2Si2. The van der Waals surface area contributed by atoms with Gasteiger partial charge in [-0.05, 0) is 23.6 Å². The van der Waals surface area contributed by atoms with Gasteiger partial charge < -0.3 is 0 Å². The average molecular weight is 295 g/mol. The number of rotatable bonds is 9. The van der Waals surface area contributed by atoms with Gasteiger partial charge in [-0.2, -0.15) is 23.5 Å². The third kappa shape index (κ3) is 15.1. The van der Waals surface area contributed by atoms with Crippen LogP contribution < -0.4 is 0 Å². The summed E-state index contributed by atoms with van der Waals surface area (Å²) >= 11 is 4.33. The van der Waals surface area contributed by atoms with E-state index in [1.807, 2.05) is 0 Å². The standard InChI is InChI=1S/C12H30S2Si2/c1-15(2,3)11-9-13-7-8-14-10-12-16(4,5)6/h7-12H2,1-6H3. The van der Waals surface area contributed by atoms with Crippen molar-refractivity contribution in [2.75, 3.05) is 23.0 Å². The molecule has 0 fully saturated rings. The van der Waals surface area contributed by atoms with E-state index in [-0.39, 0.29) is 0 Å². The van der Waals surface area contributed by atoms with Gasteiger partial charge in [0.1, 0.15) is 0 Å². The Labute approximate surface area is 114 Å². The maximum Gasteiger partial charge on any atom is 0.0450 e. The fraction of sp³-hybridized carbons (Fsp3) is 1.00. The second-order valence-electron chi connectivity index (χ2n) is 6.85. The highest BCUT2D eigenvalue weighted by atomic mass is 32.2. The molecule has 98 valence electrons. The quantitative estimate of drug-likeness (QED) is 0.427. The molecule has 0 aromatic rings. The zero-order valence-corrected chi connectivity index (χ0v) is 15.7. The number of hydrogen-bond donors (Lipinski definition) is 0. The van der Waals surface area contributed by atoms with Crippen LogP contribution in [-0.4, -0.2) is 39.2 Å². The van der Waals surface area contributed by atoms with Crippen molar-refractivity contribution < 1.29 is 0 Å². The normalized spacial score (nSPS) is 13.1. The first-order valence-electron chi connectivity index (χ1n) is 6.36. The highest BCUT2D eigenvalue weighted by Crippen LogP contribution is 2.17. The number of hydrogen-bond acceptors (Lipinski definition) is 2. The fourth-order valence-corrected chi connectivity index (χ4v) is 8.48. The van der Waals surface area contributed by atoms with Crippen LogP contribution in [0.5, 0.6) is 0 Å². The summed E-state index contributed by atoms with van der Waals surface area (Å²) in [6.07, 6.45) is 0. The molecule has 0 amide bonds. The van der Waals surface area contributed by atoms with Crippen LogP contribution in [0.3, 0.4) is 0 Å². The summed E-state index contributed by atoms with van der Waals surface area (Å²) in [5.74, 6) is 5.51. The zero-order chi connectivity index (χ0) is 12.7. The lowest BCUT2D eigenvalue weighted by Gasteiger charge is -2.15. The van der Waals surface area contributed by atoms with Crippen LogP contribution in [0.2, 0.25) is 51.4 Å². The van der Waals surface area contributed by atoms with Gasteiger partial charge in [0.25, 0.3) is 0 Å². The first kappa shape index (κ1) is 17.1. The minimum atomic E-state index is -0.780. The lowest BCUT2D eigenvalue weighted by atomic mass is 10.9. The van der Waals surface area contributed by atoms with Gasteiger partial charge in [0.2, 0.25) is 0 Å². The molecule has 0 aliphatic carbocycles. The Balaban J connectivity index is 3.17. The SMILES string of the molecule is C[Si](C)(C)CCSCCSCC[Si](C)(C)C. The molecule has 0 saturated heterocycles. The Bertz CT molecular complexity index is 151. The first-order chi connectivity index (χ1) is 7.21. The summed E-state index contributed by atoms with van der Waals surface area (Å²) in [7, 11) is -1.56. The van der Waals surface area contributed by atoms with Crippen molar-refractivity contribution in [2.45, 2.75) is 51.4 Å². The smallest absolute Gasteiger partial charge is 0.0450 e. The summed E-state index contributed by atoms with van der Waals surface area (Å²) < 4.78 is 0. The molecule has 0 saturated carbocycles. The van der Waals surface area contributed by atoms with E-state index in [0.717, 1.165) is 0 Å². The lowest BCUT2D eigenvalue weighted by molar-refractivity contribution is 1.35. The molecule has 0 aliphatic rings. The second kappa shape index (κ2) is 8.27. The molecule has 0 nitrogen and oxygen atoms in total. The van der Waals surface area contributed by atoms with Gasteiger partial charge in [0.05, 0.1) is 0 Å². The van der Waals surface area contributed by atoms with E-state index in [1.54, 1.807) is 0 Å². The van der Waals surface area contributed by atoms with Crippen molar-refractivity contribution in [3.8, 4) is 0 Å². The molecule has 0 rings (SSSR count). The van der Waals surface area contributed by atoms with Crippen LogP contribution >= 0.6 is 23.5 Å². The molecular weight excluding hydrogens is 264 g/mol. The maximum absolute atomic E-state index is 2.47. The molecule has 0 radical (unpaired) electrons. The van der Waals surface area contributed by atoms with Gasteiger partial charge in [0.15, 0.2) is 0 Å². The Morgan fingerprint density at radius 2 is 0.875 bits per heavy atom. The van der Waals surface area contributed by atoms with Crippen molar-refractivity contribution in [3.63, 3.8) is 0 Å². The Kier molecular flexibility index (Phi) is 8.86. The molecule has 0 unspecified atom stereocenters. The van der Waals surface area contributed by atoms with Crippen LogP contribution in [0.4, 0.5) is 0 Å². The van der Waals surface area contributed by atoms with E-state index >= 15 is 0 Å². The average Bonchev–Trinajstić information content (AvgIpc) is 2.06. The van der Waals surface area contributed by atoms with Crippen LogP contribution in [-0.2, 0) is 0 Å². The Morgan fingerprint density at radius 1 is 0.562 bits per heavy atom. The number of thioether (sulfide) groups is 2. The fourth-order valence-electron chi connectivity index (χ4n) is 1.08. The third-order valence-corrected chi connectivity index (χ3v) is 8.82.